The molecule has 1 aliphatic rings. The summed E-state index contributed by atoms with van der Waals surface area (Å²) in [5.74, 6) is -1.45. The second kappa shape index (κ2) is 10.6. The van der Waals surface area contributed by atoms with Crippen LogP contribution in [0.4, 0.5) is 35.0 Å². The molecule has 1 aliphatic heterocycles. The average Bonchev–Trinajstić information content (AvgIpc) is 3.07. The number of aliphatic carboxylic acids is 1. The quantitative estimate of drug-likeness (QED) is 0.352. The Labute approximate surface area is 227 Å². The molecule has 3 aromatic rings. The molecule has 3 aromatic carbocycles. The van der Waals surface area contributed by atoms with Crippen molar-refractivity contribution in [2.45, 2.75) is 32.1 Å². The molecule has 0 spiro atoms. The molecule has 0 aliphatic carbocycles. The highest BCUT2D eigenvalue weighted by atomic mass is 19.4. The predicted molar refractivity (Wildman–Crippen MR) is 138 cm³/mol. The SMILES string of the molecule is CC1(C)C(=O)N(c2ccc(C#N)c(C(F)(F)F)c2)C(=O)N1Cc1ccccc1Nc1ccc(OCC(=O)O)cc1. The first-order chi connectivity index (χ1) is 18.8. The number of carboxylic acid groups (broad SMARTS) is 1. The molecule has 1 heterocycles. The lowest BCUT2D eigenvalue weighted by molar-refractivity contribution is -0.139. The van der Waals surface area contributed by atoms with Gasteiger partial charge in [-0.1, -0.05) is 18.2 Å². The Hall–Kier alpha value is -5.05. The Bertz CT molecular complexity index is 1510. The highest BCUT2D eigenvalue weighted by Gasteiger charge is 2.52. The minimum atomic E-state index is -4.85. The van der Waals surface area contributed by atoms with Crippen LogP contribution in [0.2, 0.25) is 0 Å². The molecule has 0 aromatic heterocycles. The topological polar surface area (TPSA) is 123 Å². The molecule has 0 saturated carbocycles. The number of halogens is 3. The van der Waals surface area contributed by atoms with Gasteiger partial charge in [-0.05, 0) is 67.9 Å². The fraction of sp³-hybridized carbons (Fsp3) is 0.214. The number of hydrogen-bond acceptors (Lipinski definition) is 6. The lowest BCUT2D eigenvalue weighted by Gasteiger charge is -2.28. The molecular formula is C28H23F3N4O5. The van der Waals surface area contributed by atoms with Gasteiger partial charge in [0, 0.05) is 11.4 Å². The van der Waals surface area contributed by atoms with E-state index in [4.69, 9.17) is 15.1 Å². The van der Waals surface area contributed by atoms with E-state index in [2.05, 4.69) is 5.32 Å². The summed E-state index contributed by atoms with van der Waals surface area (Å²) in [7, 11) is 0. The van der Waals surface area contributed by atoms with Gasteiger partial charge in [0.1, 0.15) is 11.3 Å². The zero-order valence-corrected chi connectivity index (χ0v) is 21.3. The summed E-state index contributed by atoms with van der Waals surface area (Å²) in [5, 5.41) is 21.0. The zero-order chi connectivity index (χ0) is 29.2. The third-order valence-corrected chi connectivity index (χ3v) is 6.35. The lowest BCUT2D eigenvalue weighted by Crippen LogP contribution is -2.43. The molecular weight excluding hydrogens is 529 g/mol. The number of hydrogen-bond donors (Lipinski definition) is 2. The molecule has 1 saturated heterocycles. The van der Waals surface area contributed by atoms with Crippen molar-refractivity contribution in [2.75, 3.05) is 16.8 Å². The predicted octanol–water partition coefficient (Wildman–Crippen LogP) is 5.53. The van der Waals surface area contributed by atoms with Crippen LogP contribution in [-0.4, -0.2) is 40.1 Å². The number of anilines is 3. The van der Waals surface area contributed by atoms with Crippen molar-refractivity contribution >= 4 is 35.0 Å². The number of nitrogens with one attached hydrogen (secondary N) is 1. The first-order valence-electron chi connectivity index (χ1n) is 11.9. The molecule has 3 amide bonds. The Morgan fingerprint density at radius 2 is 1.75 bits per heavy atom. The van der Waals surface area contributed by atoms with Gasteiger partial charge in [0.05, 0.1) is 29.4 Å². The number of carboxylic acids is 1. The van der Waals surface area contributed by atoms with Crippen LogP contribution in [0, 0.1) is 11.3 Å². The van der Waals surface area contributed by atoms with Crippen LogP contribution in [0.5, 0.6) is 5.75 Å². The minimum absolute atomic E-state index is 0.0422. The monoisotopic (exact) mass is 552 g/mol. The van der Waals surface area contributed by atoms with Gasteiger partial charge < -0.3 is 20.1 Å². The molecule has 206 valence electrons. The number of ether oxygens (including phenoxy) is 1. The number of benzene rings is 3. The molecule has 0 atom stereocenters. The first-order valence-corrected chi connectivity index (χ1v) is 11.9. The standard InChI is InChI=1S/C28H23F3N4O5/c1-27(2)25(38)35(20-10-7-17(14-32)22(13-20)28(29,30)31)26(39)34(27)15-18-5-3-4-6-23(18)33-19-8-11-21(12-9-19)40-16-24(36)37/h3-13,33H,15-16H2,1-2H3,(H,36,37). The Kier molecular flexibility index (Phi) is 7.42. The maximum atomic E-state index is 13.5. The lowest BCUT2D eigenvalue weighted by atomic mass is 10.0. The number of carbonyl (C=O) groups is 3. The normalized spacial score (nSPS) is 14.7. The van der Waals surface area contributed by atoms with Crippen molar-refractivity contribution in [3.8, 4) is 11.8 Å². The van der Waals surface area contributed by atoms with Crippen LogP contribution < -0.4 is 15.0 Å². The van der Waals surface area contributed by atoms with Gasteiger partial charge in [-0.25, -0.2) is 14.5 Å². The fourth-order valence-electron chi connectivity index (χ4n) is 4.22. The van der Waals surface area contributed by atoms with Gasteiger partial charge in [0.15, 0.2) is 6.61 Å². The number of urea groups is 1. The molecule has 12 heteroatoms. The number of nitriles is 1. The number of rotatable bonds is 8. The smallest absolute Gasteiger partial charge is 0.417 e. The summed E-state index contributed by atoms with van der Waals surface area (Å²) in [6.45, 7) is 2.49. The molecule has 9 nitrogen and oxygen atoms in total. The van der Waals surface area contributed by atoms with Crippen LogP contribution >= 0.6 is 0 Å². The van der Waals surface area contributed by atoms with E-state index in [-0.39, 0.29) is 12.2 Å². The Balaban J connectivity index is 1.60. The van der Waals surface area contributed by atoms with Crippen LogP contribution in [0.15, 0.2) is 66.7 Å². The third kappa shape index (κ3) is 5.54. The number of imide groups is 1. The summed E-state index contributed by atoms with van der Waals surface area (Å²) in [4.78, 5) is 39.4. The molecule has 2 N–H and O–H groups in total. The Morgan fingerprint density at radius 1 is 1.07 bits per heavy atom. The average molecular weight is 553 g/mol. The summed E-state index contributed by atoms with van der Waals surface area (Å²) >= 11 is 0. The second-order valence-electron chi connectivity index (χ2n) is 9.40. The third-order valence-electron chi connectivity index (χ3n) is 6.35. The molecule has 4 rings (SSSR count). The zero-order valence-electron chi connectivity index (χ0n) is 21.3. The van der Waals surface area contributed by atoms with Crippen LogP contribution in [-0.2, 0) is 22.3 Å². The van der Waals surface area contributed by atoms with Gasteiger partial charge in [-0.3, -0.25) is 4.79 Å². The van der Waals surface area contributed by atoms with Crippen molar-refractivity contribution in [1.82, 2.24) is 4.90 Å². The highest BCUT2D eigenvalue weighted by molar-refractivity contribution is 6.23. The van der Waals surface area contributed by atoms with Gasteiger partial charge in [0.2, 0.25) is 0 Å². The summed E-state index contributed by atoms with van der Waals surface area (Å²) in [5.41, 5.74) is -1.66. The van der Waals surface area contributed by atoms with E-state index >= 15 is 0 Å². The van der Waals surface area contributed by atoms with Gasteiger partial charge in [-0.15, -0.1) is 0 Å². The molecule has 0 bridgehead atoms. The van der Waals surface area contributed by atoms with E-state index < -0.39 is 47.4 Å². The largest absolute Gasteiger partial charge is 0.482 e. The van der Waals surface area contributed by atoms with E-state index in [1.165, 1.54) is 24.8 Å². The van der Waals surface area contributed by atoms with Crippen molar-refractivity contribution in [2.24, 2.45) is 0 Å². The number of alkyl halides is 3. The van der Waals surface area contributed by atoms with Crippen molar-refractivity contribution in [1.29, 1.82) is 5.26 Å². The van der Waals surface area contributed by atoms with E-state index in [1.54, 1.807) is 48.5 Å². The number of para-hydroxylation sites is 1. The summed E-state index contributed by atoms with van der Waals surface area (Å²) in [6.07, 6.45) is -4.85. The summed E-state index contributed by atoms with van der Waals surface area (Å²) in [6, 6.07) is 16.9. The van der Waals surface area contributed by atoms with Gasteiger partial charge >= 0.3 is 18.2 Å². The maximum Gasteiger partial charge on any atom is 0.417 e. The maximum absolute atomic E-state index is 13.5. The first kappa shape index (κ1) is 28.0. The number of amides is 3. The van der Waals surface area contributed by atoms with Crippen LogP contribution in [0.1, 0.15) is 30.5 Å². The van der Waals surface area contributed by atoms with Crippen molar-refractivity contribution < 1.29 is 37.4 Å². The molecule has 0 radical (unpaired) electrons. The number of nitrogens with zero attached hydrogens (tertiary/aromatic N) is 3. The van der Waals surface area contributed by atoms with E-state index in [9.17, 15) is 27.6 Å². The molecule has 40 heavy (non-hydrogen) atoms. The van der Waals surface area contributed by atoms with E-state index in [0.717, 1.165) is 12.1 Å². The molecule has 0 unspecified atom stereocenters. The van der Waals surface area contributed by atoms with Crippen molar-refractivity contribution in [3.05, 3.63) is 83.4 Å². The highest BCUT2D eigenvalue weighted by Crippen LogP contribution is 2.38. The van der Waals surface area contributed by atoms with Crippen molar-refractivity contribution in [3.63, 3.8) is 0 Å². The van der Waals surface area contributed by atoms with E-state index in [0.29, 0.717) is 33.7 Å². The van der Waals surface area contributed by atoms with Crippen LogP contribution in [0.25, 0.3) is 0 Å². The molecule has 1 fully saturated rings. The fourth-order valence-corrected chi connectivity index (χ4v) is 4.22. The van der Waals surface area contributed by atoms with Crippen LogP contribution in [0.3, 0.4) is 0 Å². The number of carbonyl (C=O) groups excluding carboxylic acids is 2. The van der Waals surface area contributed by atoms with E-state index in [1.807, 2.05) is 0 Å². The minimum Gasteiger partial charge on any atom is -0.482 e. The Morgan fingerprint density at radius 3 is 2.38 bits per heavy atom. The van der Waals surface area contributed by atoms with Gasteiger partial charge in [-0.2, -0.15) is 18.4 Å². The second-order valence-corrected chi connectivity index (χ2v) is 9.40. The van der Waals surface area contributed by atoms with Gasteiger partial charge in [0.25, 0.3) is 5.91 Å². The summed E-state index contributed by atoms with van der Waals surface area (Å²) < 4.78 is 45.8.